The molecule has 0 bridgehead atoms. The van der Waals surface area contributed by atoms with Crippen LogP contribution in [0.25, 0.3) is 0 Å². The van der Waals surface area contributed by atoms with Crippen molar-refractivity contribution < 1.29 is 32.3 Å². The van der Waals surface area contributed by atoms with Crippen molar-refractivity contribution in [2.24, 2.45) is 5.16 Å². The number of morpholine rings is 1. The van der Waals surface area contributed by atoms with Crippen molar-refractivity contribution >= 4 is 11.6 Å². The summed E-state index contributed by atoms with van der Waals surface area (Å²) in [5.41, 5.74) is 5.09. The number of hydrogen-bond acceptors (Lipinski definition) is 6. The molecule has 1 heterocycles. The third-order valence-corrected chi connectivity index (χ3v) is 5.75. The first kappa shape index (κ1) is 27.2. The minimum absolute atomic E-state index is 0.0237. The molecule has 0 saturated carbocycles. The third-order valence-electron chi connectivity index (χ3n) is 5.75. The Morgan fingerprint density at radius 3 is 2.26 bits per heavy atom. The summed E-state index contributed by atoms with van der Waals surface area (Å²) in [7, 11) is 0. The maximum absolute atomic E-state index is 12.8. The molecule has 1 N–H and O–H groups in total. The maximum atomic E-state index is 12.8. The second-order valence-electron chi connectivity index (χ2n) is 8.62. The average Bonchev–Trinajstić information content (AvgIpc) is 2.93. The van der Waals surface area contributed by atoms with E-state index in [1.807, 2.05) is 42.5 Å². The van der Waals surface area contributed by atoms with Crippen LogP contribution in [0.2, 0.25) is 0 Å². The molecule has 0 spiro atoms. The summed E-state index contributed by atoms with van der Waals surface area (Å²) in [6.07, 6.45) is -3.90. The molecule has 1 aliphatic rings. The minimum atomic E-state index is -4.39. The number of carbonyl (C=O) groups excluding carboxylic acids is 1. The van der Waals surface area contributed by atoms with Gasteiger partial charge in [0.05, 0.1) is 24.5 Å². The lowest BCUT2D eigenvalue weighted by Crippen LogP contribution is -2.49. The minimum Gasteiger partial charge on any atom is -0.484 e. The Morgan fingerprint density at radius 1 is 0.921 bits per heavy atom. The average molecular weight is 528 g/mol. The van der Waals surface area contributed by atoms with Crippen LogP contribution in [0.3, 0.4) is 0 Å². The number of ether oxygens (including phenoxy) is 2. The molecule has 0 atom stereocenters. The van der Waals surface area contributed by atoms with Crippen LogP contribution >= 0.6 is 0 Å². The number of amides is 1. The lowest BCUT2D eigenvalue weighted by atomic mass is 10.0. The number of halogens is 3. The van der Waals surface area contributed by atoms with Gasteiger partial charge >= 0.3 is 6.18 Å². The standard InChI is InChI=1S/C28H28F3N3O4/c29-28(30,31)24-10-6-22(7-11-24)19-38-33-26(18-21-4-2-1-3-5-21)23-8-12-25(13-9-23)37-20-27(35)32-34-14-16-36-17-15-34/h1-13H,14-20H2,(H,32,35). The molecule has 7 nitrogen and oxygen atoms in total. The lowest BCUT2D eigenvalue weighted by molar-refractivity contribution is -0.137. The van der Waals surface area contributed by atoms with Gasteiger partial charge in [0, 0.05) is 19.5 Å². The normalized spacial score (nSPS) is 14.7. The number of hydrogen-bond donors (Lipinski definition) is 1. The van der Waals surface area contributed by atoms with E-state index in [0.29, 0.717) is 49.7 Å². The number of oxime groups is 1. The lowest BCUT2D eigenvalue weighted by Gasteiger charge is -2.26. The van der Waals surface area contributed by atoms with Gasteiger partial charge in [-0.25, -0.2) is 5.01 Å². The largest absolute Gasteiger partial charge is 0.484 e. The van der Waals surface area contributed by atoms with Crippen LogP contribution in [0, 0.1) is 0 Å². The van der Waals surface area contributed by atoms with Crippen LogP contribution in [0.1, 0.15) is 22.3 Å². The van der Waals surface area contributed by atoms with Crippen molar-refractivity contribution in [1.29, 1.82) is 0 Å². The Labute approximate surface area is 218 Å². The molecule has 0 aliphatic carbocycles. The van der Waals surface area contributed by atoms with Gasteiger partial charge in [0.15, 0.2) is 6.61 Å². The SMILES string of the molecule is O=C(COc1ccc(C(Cc2ccccc2)=NOCc2ccc(C(F)(F)F)cc2)cc1)NN1CCOCC1. The second kappa shape index (κ2) is 13.1. The number of benzene rings is 3. The molecule has 0 aromatic heterocycles. The number of carbonyl (C=O) groups is 1. The fourth-order valence-electron chi connectivity index (χ4n) is 3.73. The highest BCUT2D eigenvalue weighted by Crippen LogP contribution is 2.29. The summed E-state index contributed by atoms with van der Waals surface area (Å²) >= 11 is 0. The van der Waals surface area contributed by atoms with E-state index in [1.54, 1.807) is 17.1 Å². The fourth-order valence-corrected chi connectivity index (χ4v) is 3.73. The fraction of sp³-hybridized carbons (Fsp3) is 0.286. The highest BCUT2D eigenvalue weighted by atomic mass is 19.4. The quantitative estimate of drug-likeness (QED) is 0.308. The van der Waals surface area contributed by atoms with E-state index < -0.39 is 11.7 Å². The molecule has 200 valence electrons. The molecule has 3 aromatic carbocycles. The van der Waals surface area contributed by atoms with Crippen LogP contribution in [-0.2, 0) is 33.6 Å². The Morgan fingerprint density at radius 2 is 1.61 bits per heavy atom. The van der Waals surface area contributed by atoms with Crippen LogP contribution in [-0.4, -0.2) is 49.5 Å². The first-order chi connectivity index (χ1) is 18.4. The zero-order valence-corrected chi connectivity index (χ0v) is 20.6. The summed E-state index contributed by atoms with van der Waals surface area (Å²) in [5.74, 6) is 0.273. The topological polar surface area (TPSA) is 72.4 Å². The van der Waals surface area contributed by atoms with Crippen LogP contribution in [0.4, 0.5) is 13.2 Å². The van der Waals surface area contributed by atoms with E-state index >= 15 is 0 Å². The molecule has 1 amide bonds. The summed E-state index contributed by atoms with van der Waals surface area (Å²) in [6, 6.07) is 21.6. The van der Waals surface area contributed by atoms with Crippen LogP contribution in [0.5, 0.6) is 5.75 Å². The van der Waals surface area contributed by atoms with Gasteiger partial charge in [-0.05, 0) is 53.1 Å². The molecule has 4 rings (SSSR count). The molecule has 1 saturated heterocycles. The Bertz CT molecular complexity index is 1190. The van der Waals surface area contributed by atoms with E-state index in [1.165, 1.54) is 12.1 Å². The molecule has 1 aliphatic heterocycles. The van der Waals surface area contributed by atoms with Crippen LogP contribution in [0.15, 0.2) is 84.0 Å². The van der Waals surface area contributed by atoms with Gasteiger partial charge in [-0.3, -0.25) is 10.2 Å². The molecule has 0 unspecified atom stereocenters. The summed E-state index contributed by atoms with van der Waals surface area (Å²) in [4.78, 5) is 17.7. The highest BCUT2D eigenvalue weighted by molar-refractivity contribution is 6.01. The van der Waals surface area contributed by atoms with Crippen molar-refractivity contribution in [3.63, 3.8) is 0 Å². The molecular weight excluding hydrogens is 499 g/mol. The van der Waals surface area contributed by atoms with E-state index in [2.05, 4.69) is 10.6 Å². The molecule has 10 heteroatoms. The molecular formula is C28H28F3N3O4. The first-order valence-corrected chi connectivity index (χ1v) is 12.1. The van der Waals surface area contributed by atoms with Gasteiger partial charge in [0.25, 0.3) is 5.91 Å². The zero-order chi connectivity index (χ0) is 26.8. The molecule has 0 radical (unpaired) electrons. The van der Waals surface area contributed by atoms with E-state index in [-0.39, 0.29) is 19.1 Å². The van der Waals surface area contributed by atoms with Crippen molar-refractivity contribution in [2.45, 2.75) is 19.2 Å². The Balaban J connectivity index is 1.38. The predicted octanol–water partition coefficient (Wildman–Crippen LogP) is 4.61. The monoisotopic (exact) mass is 527 g/mol. The van der Waals surface area contributed by atoms with Gasteiger partial charge in [-0.15, -0.1) is 0 Å². The predicted molar refractivity (Wildman–Crippen MR) is 135 cm³/mol. The van der Waals surface area contributed by atoms with Gasteiger partial charge < -0.3 is 14.3 Å². The zero-order valence-electron chi connectivity index (χ0n) is 20.6. The van der Waals surface area contributed by atoms with Crippen molar-refractivity contribution in [3.05, 3.63) is 101 Å². The summed E-state index contributed by atoms with van der Waals surface area (Å²) in [6.45, 7) is 2.30. The van der Waals surface area contributed by atoms with E-state index in [0.717, 1.165) is 23.3 Å². The smallest absolute Gasteiger partial charge is 0.416 e. The van der Waals surface area contributed by atoms with Crippen molar-refractivity contribution in [2.75, 3.05) is 32.9 Å². The number of nitrogens with zero attached hydrogens (tertiary/aromatic N) is 2. The van der Waals surface area contributed by atoms with E-state index in [9.17, 15) is 18.0 Å². The number of rotatable bonds is 10. The maximum Gasteiger partial charge on any atom is 0.416 e. The number of hydrazine groups is 1. The van der Waals surface area contributed by atoms with Crippen LogP contribution < -0.4 is 10.2 Å². The highest BCUT2D eigenvalue weighted by Gasteiger charge is 2.29. The summed E-state index contributed by atoms with van der Waals surface area (Å²) in [5, 5.41) is 6.10. The Hall–Kier alpha value is -3.89. The Kier molecular flexibility index (Phi) is 9.34. The molecule has 1 fully saturated rings. The van der Waals surface area contributed by atoms with Gasteiger partial charge in [-0.1, -0.05) is 47.6 Å². The van der Waals surface area contributed by atoms with Gasteiger partial charge in [0.2, 0.25) is 0 Å². The number of alkyl halides is 3. The summed E-state index contributed by atoms with van der Waals surface area (Å²) < 4.78 is 49.3. The van der Waals surface area contributed by atoms with Gasteiger partial charge in [0.1, 0.15) is 12.4 Å². The second-order valence-corrected chi connectivity index (χ2v) is 8.62. The third kappa shape index (κ3) is 8.32. The van der Waals surface area contributed by atoms with Gasteiger partial charge in [-0.2, -0.15) is 13.2 Å². The number of nitrogens with one attached hydrogen (secondary N) is 1. The van der Waals surface area contributed by atoms with Crippen molar-refractivity contribution in [1.82, 2.24) is 10.4 Å². The van der Waals surface area contributed by atoms with Crippen molar-refractivity contribution in [3.8, 4) is 5.75 Å². The first-order valence-electron chi connectivity index (χ1n) is 12.1. The molecule has 38 heavy (non-hydrogen) atoms. The van der Waals surface area contributed by atoms with E-state index in [4.69, 9.17) is 14.3 Å². The molecule has 3 aromatic rings.